The van der Waals surface area contributed by atoms with Crippen LogP contribution in [0.5, 0.6) is 0 Å². The van der Waals surface area contributed by atoms with Crippen molar-refractivity contribution in [3.63, 3.8) is 0 Å². The van der Waals surface area contributed by atoms with Crippen LogP contribution in [0.2, 0.25) is 5.02 Å². The highest BCUT2D eigenvalue weighted by molar-refractivity contribution is 7.99. The minimum Gasteiger partial charge on any atom is -0.392 e. The average Bonchev–Trinajstić information content (AvgIpc) is 3.03. The summed E-state index contributed by atoms with van der Waals surface area (Å²) in [7, 11) is 1.89. The Bertz CT molecular complexity index is 656. The number of aromatic nitrogens is 2. The predicted molar refractivity (Wildman–Crippen MR) is 87.2 cm³/mol. The van der Waals surface area contributed by atoms with Gasteiger partial charge < -0.3 is 5.11 Å². The zero-order valence-electron chi connectivity index (χ0n) is 12.2. The molecule has 2 aromatic rings. The molecule has 0 amide bonds. The third kappa shape index (κ3) is 2.72. The Morgan fingerprint density at radius 1 is 1.48 bits per heavy atom. The Kier molecular flexibility index (Phi) is 4.29. The van der Waals surface area contributed by atoms with Gasteiger partial charge in [-0.05, 0) is 18.1 Å². The van der Waals surface area contributed by atoms with Crippen molar-refractivity contribution in [1.29, 1.82) is 0 Å². The second-order valence-electron chi connectivity index (χ2n) is 5.41. The van der Waals surface area contributed by atoms with E-state index in [0.717, 1.165) is 23.6 Å². The summed E-state index contributed by atoms with van der Waals surface area (Å²) in [5.74, 6) is 1.10. The monoisotopic (exact) mass is 322 g/mol. The number of aliphatic hydroxyl groups excluding tert-OH is 1. The summed E-state index contributed by atoms with van der Waals surface area (Å²) in [6.45, 7) is 2.04. The number of benzene rings is 1. The fraction of sp³-hybridized carbons (Fsp3) is 0.438. The SMILES string of the molecule is CCc1nn(C)c(CC(O)C2CSc3ccccc32)c1Cl. The summed E-state index contributed by atoms with van der Waals surface area (Å²) in [4.78, 5) is 1.28. The predicted octanol–water partition coefficient (Wildman–Crippen LogP) is 3.43. The van der Waals surface area contributed by atoms with E-state index in [2.05, 4.69) is 17.2 Å². The van der Waals surface area contributed by atoms with Crippen LogP contribution in [0, 0.1) is 0 Å². The zero-order chi connectivity index (χ0) is 15.0. The molecular weight excluding hydrogens is 304 g/mol. The lowest BCUT2D eigenvalue weighted by Crippen LogP contribution is -2.22. The molecule has 0 radical (unpaired) electrons. The van der Waals surface area contributed by atoms with Gasteiger partial charge in [0.25, 0.3) is 0 Å². The first-order chi connectivity index (χ1) is 10.1. The van der Waals surface area contributed by atoms with Crippen LogP contribution >= 0.6 is 23.4 Å². The van der Waals surface area contributed by atoms with Crippen LogP contribution in [0.4, 0.5) is 0 Å². The lowest BCUT2D eigenvalue weighted by Gasteiger charge is -2.18. The van der Waals surface area contributed by atoms with Crippen LogP contribution < -0.4 is 0 Å². The minimum atomic E-state index is -0.432. The summed E-state index contributed by atoms with van der Waals surface area (Å²) >= 11 is 8.20. The molecule has 0 spiro atoms. The fourth-order valence-corrected chi connectivity index (χ4v) is 4.58. The van der Waals surface area contributed by atoms with E-state index >= 15 is 0 Å². The Balaban J connectivity index is 1.82. The van der Waals surface area contributed by atoms with Crippen molar-refractivity contribution < 1.29 is 5.11 Å². The standard InChI is InChI=1S/C16H19ClN2OS/c1-3-12-16(17)13(19(2)18-12)8-14(20)11-9-21-15-7-5-4-6-10(11)15/h4-7,11,14,20H,3,8-9H2,1-2H3. The summed E-state index contributed by atoms with van der Waals surface area (Å²) < 4.78 is 1.80. The smallest absolute Gasteiger partial charge is 0.0850 e. The van der Waals surface area contributed by atoms with Gasteiger partial charge >= 0.3 is 0 Å². The van der Waals surface area contributed by atoms with Gasteiger partial charge in [0.1, 0.15) is 0 Å². The van der Waals surface area contributed by atoms with Crippen molar-refractivity contribution >= 4 is 23.4 Å². The molecule has 0 saturated carbocycles. The molecule has 0 aliphatic carbocycles. The summed E-state index contributed by atoms with van der Waals surface area (Å²) in [6, 6.07) is 8.33. The van der Waals surface area contributed by atoms with Gasteiger partial charge in [0.15, 0.2) is 0 Å². The van der Waals surface area contributed by atoms with Gasteiger partial charge in [0.05, 0.1) is 22.5 Å². The fourth-order valence-electron chi connectivity index (χ4n) is 2.89. The van der Waals surface area contributed by atoms with E-state index in [1.807, 2.05) is 37.9 Å². The Labute approximate surface area is 134 Å². The lowest BCUT2D eigenvalue weighted by molar-refractivity contribution is 0.149. The molecule has 5 heteroatoms. The van der Waals surface area contributed by atoms with Crippen molar-refractivity contribution in [2.45, 2.75) is 36.7 Å². The number of aliphatic hydroxyl groups is 1. The quantitative estimate of drug-likeness (QED) is 0.937. The van der Waals surface area contributed by atoms with Gasteiger partial charge in [-0.3, -0.25) is 4.68 Å². The summed E-state index contributed by atoms with van der Waals surface area (Å²) in [5.41, 5.74) is 3.09. The van der Waals surface area contributed by atoms with Gasteiger partial charge in [-0.2, -0.15) is 5.10 Å². The molecule has 21 heavy (non-hydrogen) atoms. The number of hydrogen-bond donors (Lipinski definition) is 1. The molecule has 0 saturated heterocycles. The first-order valence-corrected chi connectivity index (χ1v) is 8.58. The number of nitrogens with zero attached hydrogens (tertiary/aromatic N) is 2. The van der Waals surface area contributed by atoms with E-state index < -0.39 is 6.10 Å². The Morgan fingerprint density at radius 3 is 2.95 bits per heavy atom. The van der Waals surface area contributed by atoms with Crippen LogP contribution in [0.25, 0.3) is 0 Å². The molecule has 3 nitrogen and oxygen atoms in total. The Hall–Kier alpha value is -0.970. The molecule has 0 bridgehead atoms. The van der Waals surface area contributed by atoms with E-state index in [1.165, 1.54) is 10.5 Å². The molecule has 112 valence electrons. The first kappa shape index (κ1) is 14.9. The number of halogens is 1. The van der Waals surface area contributed by atoms with E-state index in [1.54, 1.807) is 4.68 Å². The summed E-state index contributed by atoms with van der Waals surface area (Å²) in [6.07, 6.45) is 0.922. The molecule has 1 aliphatic heterocycles. The number of rotatable bonds is 4. The number of thioether (sulfide) groups is 1. The summed E-state index contributed by atoms with van der Waals surface area (Å²) in [5, 5.41) is 15.8. The highest BCUT2D eigenvalue weighted by atomic mass is 35.5. The third-order valence-electron chi connectivity index (χ3n) is 4.11. The third-order valence-corrected chi connectivity index (χ3v) is 5.75. The van der Waals surface area contributed by atoms with Gasteiger partial charge in [0, 0.05) is 30.0 Å². The molecule has 1 aromatic heterocycles. The van der Waals surface area contributed by atoms with Crippen molar-refractivity contribution in [2.24, 2.45) is 7.05 Å². The normalized spacial score (nSPS) is 18.8. The molecule has 0 fully saturated rings. The largest absolute Gasteiger partial charge is 0.392 e. The molecular formula is C16H19ClN2OS. The van der Waals surface area contributed by atoms with Crippen molar-refractivity contribution in [3.05, 3.63) is 46.2 Å². The second kappa shape index (κ2) is 6.03. The molecule has 2 atom stereocenters. The maximum Gasteiger partial charge on any atom is 0.0850 e. The maximum absolute atomic E-state index is 10.7. The topological polar surface area (TPSA) is 38.0 Å². The number of fused-ring (bicyclic) bond motifs is 1. The van der Waals surface area contributed by atoms with Gasteiger partial charge in [-0.25, -0.2) is 0 Å². The van der Waals surface area contributed by atoms with E-state index in [4.69, 9.17) is 11.6 Å². The maximum atomic E-state index is 10.7. The van der Waals surface area contributed by atoms with Gasteiger partial charge in [0.2, 0.25) is 0 Å². The second-order valence-corrected chi connectivity index (χ2v) is 6.85. The molecule has 1 N–H and O–H groups in total. The molecule has 2 heterocycles. The van der Waals surface area contributed by atoms with Gasteiger partial charge in [-0.15, -0.1) is 11.8 Å². The van der Waals surface area contributed by atoms with Crippen LogP contribution in [0.3, 0.4) is 0 Å². The van der Waals surface area contributed by atoms with E-state index in [0.29, 0.717) is 11.4 Å². The van der Waals surface area contributed by atoms with Crippen molar-refractivity contribution in [3.8, 4) is 0 Å². The zero-order valence-corrected chi connectivity index (χ0v) is 13.8. The molecule has 1 aliphatic rings. The van der Waals surface area contributed by atoms with Crippen molar-refractivity contribution in [1.82, 2.24) is 9.78 Å². The first-order valence-electron chi connectivity index (χ1n) is 7.21. The van der Waals surface area contributed by atoms with E-state index in [-0.39, 0.29) is 5.92 Å². The number of aryl methyl sites for hydroxylation is 2. The molecule has 3 rings (SSSR count). The Morgan fingerprint density at radius 2 is 2.24 bits per heavy atom. The average molecular weight is 323 g/mol. The minimum absolute atomic E-state index is 0.169. The van der Waals surface area contributed by atoms with Crippen LogP contribution in [-0.2, 0) is 19.9 Å². The lowest BCUT2D eigenvalue weighted by atomic mass is 9.92. The van der Waals surface area contributed by atoms with Gasteiger partial charge in [-0.1, -0.05) is 36.7 Å². The van der Waals surface area contributed by atoms with Crippen LogP contribution in [0.15, 0.2) is 29.2 Å². The molecule has 1 aromatic carbocycles. The van der Waals surface area contributed by atoms with E-state index in [9.17, 15) is 5.11 Å². The molecule has 2 unspecified atom stereocenters. The van der Waals surface area contributed by atoms with Crippen LogP contribution in [-0.4, -0.2) is 26.7 Å². The highest BCUT2D eigenvalue weighted by Crippen LogP contribution is 2.42. The van der Waals surface area contributed by atoms with Crippen molar-refractivity contribution in [2.75, 3.05) is 5.75 Å². The number of hydrogen-bond acceptors (Lipinski definition) is 3. The highest BCUT2D eigenvalue weighted by Gasteiger charge is 2.30. The van der Waals surface area contributed by atoms with Crippen LogP contribution in [0.1, 0.15) is 29.8 Å².